The van der Waals surface area contributed by atoms with Crippen molar-refractivity contribution < 1.29 is 0 Å². The van der Waals surface area contributed by atoms with Gasteiger partial charge in [0.05, 0.1) is 11.2 Å². The molecule has 0 radical (unpaired) electrons. The summed E-state index contributed by atoms with van der Waals surface area (Å²) < 4.78 is 0. The molecule has 90 valence electrons. The predicted octanol–water partition coefficient (Wildman–Crippen LogP) is 2.11. The molecule has 16 heavy (non-hydrogen) atoms. The topological polar surface area (TPSA) is 28.2 Å². The van der Waals surface area contributed by atoms with Gasteiger partial charge in [0, 0.05) is 24.0 Å². The van der Waals surface area contributed by atoms with E-state index in [1.165, 1.54) is 31.4 Å². The second-order valence-electron chi connectivity index (χ2n) is 4.69. The lowest BCUT2D eigenvalue weighted by Crippen LogP contribution is -2.39. The summed E-state index contributed by atoms with van der Waals surface area (Å²) in [6.07, 6.45) is 5.24. The van der Waals surface area contributed by atoms with Crippen LogP contribution < -0.4 is 5.32 Å². The smallest absolute Gasteiger partial charge is 0.0795 e. The third-order valence-electron chi connectivity index (χ3n) is 3.62. The van der Waals surface area contributed by atoms with Gasteiger partial charge in [-0.3, -0.25) is 4.90 Å². The zero-order valence-corrected chi connectivity index (χ0v) is 11.0. The molecule has 1 aliphatic rings. The summed E-state index contributed by atoms with van der Waals surface area (Å²) in [5, 5.41) is 5.53. The number of nitrogens with zero attached hydrogens (tertiary/aromatic N) is 2. The summed E-state index contributed by atoms with van der Waals surface area (Å²) in [5.41, 5.74) is 3.13. The van der Waals surface area contributed by atoms with Crippen molar-refractivity contribution in [1.29, 1.82) is 0 Å². The molecule has 1 saturated carbocycles. The molecule has 0 aromatic carbocycles. The number of thiazole rings is 1. The van der Waals surface area contributed by atoms with Gasteiger partial charge in [0.25, 0.3) is 0 Å². The van der Waals surface area contributed by atoms with Gasteiger partial charge in [-0.05, 0) is 39.8 Å². The highest BCUT2D eigenvalue weighted by molar-refractivity contribution is 7.07. The normalized spacial score (nSPS) is 26.2. The first-order valence-electron chi connectivity index (χ1n) is 6.04. The Bertz CT molecular complexity index is 291. The van der Waals surface area contributed by atoms with Crippen LogP contribution in [0.15, 0.2) is 10.9 Å². The van der Waals surface area contributed by atoms with Crippen molar-refractivity contribution in [2.24, 2.45) is 0 Å². The molecular formula is C12H21N3S. The molecule has 1 heterocycles. The van der Waals surface area contributed by atoms with Gasteiger partial charge in [-0.25, -0.2) is 4.98 Å². The fraction of sp³-hybridized carbons (Fsp3) is 0.750. The molecule has 0 aliphatic heterocycles. The highest BCUT2D eigenvalue weighted by atomic mass is 32.1. The van der Waals surface area contributed by atoms with Gasteiger partial charge in [0.15, 0.2) is 0 Å². The Morgan fingerprint density at radius 2 is 2.19 bits per heavy atom. The van der Waals surface area contributed by atoms with Crippen molar-refractivity contribution in [2.75, 3.05) is 14.1 Å². The van der Waals surface area contributed by atoms with Crippen LogP contribution in [-0.4, -0.2) is 36.1 Å². The van der Waals surface area contributed by atoms with Gasteiger partial charge in [0.1, 0.15) is 0 Å². The third-order valence-corrected chi connectivity index (χ3v) is 4.26. The average molecular weight is 239 g/mol. The summed E-state index contributed by atoms with van der Waals surface area (Å²) in [4.78, 5) is 6.81. The predicted molar refractivity (Wildman–Crippen MR) is 68.7 cm³/mol. The van der Waals surface area contributed by atoms with Crippen LogP contribution >= 0.6 is 11.3 Å². The van der Waals surface area contributed by atoms with Gasteiger partial charge >= 0.3 is 0 Å². The lowest BCUT2D eigenvalue weighted by atomic mass is 9.90. The van der Waals surface area contributed by atoms with Crippen LogP contribution in [0.5, 0.6) is 0 Å². The van der Waals surface area contributed by atoms with E-state index in [2.05, 4.69) is 34.7 Å². The van der Waals surface area contributed by atoms with E-state index >= 15 is 0 Å². The number of hydrogen-bond acceptors (Lipinski definition) is 4. The minimum atomic E-state index is 0.740. The Hall–Kier alpha value is -0.450. The monoisotopic (exact) mass is 239 g/mol. The molecule has 1 N–H and O–H groups in total. The second kappa shape index (κ2) is 5.75. The van der Waals surface area contributed by atoms with Crippen molar-refractivity contribution in [3.05, 3.63) is 16.6 Å². The van der Waals surface area contributed by atoms with Crippen molar-refractivity contribution in [1.82, 2.24) is 15.2 Å². The highest BCUT2D eigenvalue weighted by Crippen LogP contribution is 2.23. The Labute approximate surface area is 102 Å². The van der Waals surface area contributed by atoms with Crippen LogP contribution in [0, 0.1) is 0 Å². The Morgan fingerprint density at radius 3 is 2.75 bits per heavy atom. The van der Waals surface area contributed by atoms with E-state index in [0.29, 0.717) is 0 Å². The van der Waals surface area contributed by atoms with Gasteiger partial charge in [-0.2, -0.15) is 0 Å². The number of nitrogens with one attached hydrogen (secondary N) is 1. The summed E-state index contributed by atoms with van der Waals surface area (Å²) in [6.45, 7) is 0.998. The maximum Gasteiger partial charge on any atom is 0.0795 e. The Kier molecular flexibility index (Phi) is 4.32. The van der Waals surface area contributed by atoms with E-state index in [-0.39, 0.29) is 0 Å². The van der Waals surface area contributed by atoms with E-state index < -0.39 is 0 Å². The molecule has 4 heteroatoms. The molecule has 0 amide bonds. The molecule has 2 rings (SSSR count). The lowest BCUT2D eigenvalue weighted by molar-refractivity contribution is 0.168. The molecule has 0 spiro atoms. The molecule has 1 fully saturated rings. The lowest BCUT2D eigenvalue weighted by Gasteiger charge is -2.34. The van der Waals surface area contributed by atoms with Crippen molar-refractivity contribution >= 4 is 11.3 Å². The number of aromatic nitrogens is 1. The van der Waals surface area contributed by atoms with E-state index in [4.69, 9.17) is 0 Å². The van der Waals surface area contributed by atoms with E-state index in [1.54, 1.807) is 11.3 Å². The zero-order chi connectivity index (χ0) is 11.4. The van der Waals surface area contributed by atoms with Gasteiger partial charge < -0.3 is 5.32 Å². The molecule has 1 aromatic rings. The van der Waals surface area contributed by atoms with Crippen molar-refractivity contribution in [3.63, 3.8) is 0 Å². The Morgan fingerprint density at radius 1 is 1.44 bits per heavy atom. The van der Waals surface area contributed by atoms with Crippen LogP contribution in [0.1, 0.15) is 31.4 Å². The Balaban J connectivity index is 1.80. The van der Waals surface area contributed by atoms with E-state index in [0.717, 1.165) is 18.6 Å². The van der Waals surface area contributed by atoms with Crippen LogP contribution in [0.4, 0.5) is 0 Å². The SMILES string of the molecule is CNC1CCC(N(C)Cc2cscn2)CC1. The minimum Gasteiger partial charge on any atom is -0.317 e. The fourth-order valence-electron chi connectivity index (χ4n) is 2.51. The average Bonchev–Trinajstić information content (AvgIpc) is 2.82. The first-order valence-corrected chi connectivity index (χ1v) is 6.98. The second-order valence-corrected chi connectivity index (χ2v) is 5.41. The molecule has 1 aromatic heterocycles. The van der Waals surface area contributed by atoms with E-state index in [1.807, 2.05) is 5.51 Å². The van der Waals surface area contributed by atoms with E-state index in [9.17, 15) is 0 Å². The van der Waals surface area contributed by atoms with Crippen LogP contribution in [-0.2, 0) is 6.54 Å². The van der Waals surface area contributed by atoms with Gasteiger partial charge in [-0.15, -0.1) is 11.3 Å². The summed E-state index contributed by atoms with van der Waals surface area (Å²) in [6, 6.07) is 1.48. The highest BCUT2D eigenvalue weighted by Gasteiger charge is 2.23. The van der Waals surface area contributed by atoms with Crippen LogP contribution in [0.25, 0.3) is 0 Å². The summed E-state index contributed by atoms with van der Waals surface area (Å²) >= 11 is 1.68. The molecule has 0 saturated heterocycles. The standard InChI is InChI=1S/C12H21N3S/c1-13-10-3-5-12(6-4-10)15(2)7-11-8-16-9-14-11/h8-10,12-13H,3-7H2,1-2H3. The van der Waals surface area contributed by atoms with Crippen molar-refractivity contribution in [2.45, 2.75) is 44.3 Å². The van der Waals surface area contributed by atoms with Crippen molar-refractivity contribution in [3.8, 4) is 0 Å². The van der Waals surface area contributed by atoms with Crippen LogP contribution in [0.2, 0.25) is 0 Å². The maximum atomic E-state index is 4.35. The molecule has 0 bridgehead atoms. The number of rotatable bonds is 4. The molecular weight excluding hydrogens is 218 g/mol. The molecule has 0 unspecified atom stereocenters. The molecule has 3 nitrogen and oxygen atoms in total. The fourth-order valence-corrected chi connectivity index (χ4v) is 3.06. The third kappa shape index (κ3) is 3.03. The van der Waals surface area contributed by atoms with Crippen LogP contribution in [0.3, 0.4) is 0 Å². The minimum absolute atomic E-state index is 0.740. The first-order chi connectivity index (χ1) is 7.79. The van der Waals surface area contributed by atoms with Gasteiger partial charge in [0.2, 0.25) is 0 Å². The summed E-state index contributed by atoms with van der Waals surface area (Å²) in [7, 11) is 4.30. The molecule has 1 aliphatic carbocycles. The first kappa shape index (κ1) is 12.0. The van der Waals surface area contributed by atoms with Gasteiger partial charge in [-0.1, -0.05) is 0 Å². The summed E-state index contributed by atoms with van der Waals surface area (Å²) in [5.74, 6) is 0. The molecule has 0 atom stereocenters. The largest absolute Gasteiger partial charge is 0.317 e. The zero-order valence-electron chi connectivity index (χ0n) is 10.1. The maximum absolute atomic E-state index is 4.35. The quantitative estimate of drug-likeness (QED) is 0.872. The number of hydrogen-bond donors (Lipinski definition) is 1.